The number of anilines is 2. The van der Waals surface area contributed by atoms with Crippen molar-refractivity contribution in [1.82, 2.24) is 14.8 Å². The van der Waals surface area contributed by atoms with Crippen LogP contribution < -0.4 is 10.2 Å². The topological polar surface area (TPSA) is 104 Å². The molecule has 1 saturated carbocycles. The molecule has 0 unspecified atom stereocenters. The number of aryl methyl sites for hydroxylation is 3. The number of benzene rings is 1. The zero-order chi connectivity index (χ0) is 25.6. The van der Waals surface area contributed by atoms with E-state index in [1.165, 1.54) is 12.1 Å². The first-order valence-electron chi connectivity index (χ1n) is 12.0. The molecule has 1 atom stereocenters. The van der Waals surface area contributed by atoms with Crippen molar-refractivity contribution in [1.29, 1.82) is 5.26 Å². The van der Waals surface area contributed by atoms with Crippen LogP contribution in [0.3, 0.4) is 0 Å². The SMILES string of the molecule is Cc1cc(N2CC[C@@](C#N)(C3CC3)C2=O)cc(NC(=O)Cc2cc(F)cc(-n3cc(C)c(C)n3)c2)n1. The van der Waals surface area contributed by atoms with E-state index in [2.05, 4.69) is 21.5 Å². The normalized spacial score (nSPS) is 19.4. The van der Waals surface area contributed by atoms with Gasteiger partial charge in [0, 0.05) is 30.2 Å². The van der Waals surface area contributed by atoms with Gasteiger partial charge in [0.15, 0.2) is 0 Å². The Bertz CT molecular complexity index is 1400. The third-order valence-electron chi connectivity index (χ3n) is 7.06. The molecule has 2 aromatic heterocycles. The minimum absolute atomic E-state index is 0.0587. The van der Waals surface area contributed by atoms with Gasteiger partial charge in [0.25, 0.3) is 0 Å². The van der Waals surface area contributed by atoms with Gasteiger partial charge in [0.2, 0.25) is 11.8 Å². The van der Waals surface area contributed by atoms with Crippen LogP contribution in [-0.2, 0) is 16.0 Å². The maximum absolute atomic E-state index is 14.3. The van der Waals surface area contributed by atoms with Crippen LogP contribution >= 0.6 is 0 Å². The first-order valence-corrected chi connectivity index (χ1v) is 12.0. The van der Waals surface area contributed by atoms with E-state index in [9.17, 15) is 19.2 Å². The van der Waals surface area contributed by atoms with Crippen LogP contribution in [-0.4, -0.2) is 33.1 Å². The number of carbonyl (C=O) groups excluding carboxylic acids is 2. The molecular formula is C27H27FN6O2. The minimum atomic E-state index is -0.943. The van der Waals surface area contributed by atoms with Gasteiger partial charge in [-0.05, 0) is 81.3 Å². The highest BCUT2D eigenvalue weighted by molar-refractivity contribution is 6.02. The Morgan fingerprint density at radius 3 is 2.64 bits per heavy atom. The van der Waals surface area contributed by atoms with Gasteiger partial charge >= 0.3 is 0 Å². The summed E-state index contributed by atoms with van der Waals surface area (Å²) in [4.78, 5) is 32.0. The van der Waals surface area contributed by atoms with Crippen molar-refractivity contribution >= 4 is 23.3 Å². The molecule has 8 nitrogen and oxygen atoms in total. The monoisotopic (exact) mass is 486 g/mol. The molecule has 9 heteroatoms. The van der Waals surface area contributed by atoms with Gasteiger partial charge in [-0.25, -0.2) is 14.1 Å². The lowest BCUT2D eigenvalue weighted by atomic mass is 9.83. The number of pyridine rings is 1. The number of hydrogen-bond donors (Lipinski definition) is 1. The minimum Gasteiger partial charge on any atom is -0.311 e. The van der Waals surface area contributed by atoms with Crippen molar-refractivity contribution in [2.75, 3.05) is 16.8 Å². The molecule has 2 amide bonds. The summed E-state index contributed by atoms with van der Waals surface area (Å²) < 4.78 is 15.9. The smallest absolute Gasteiger partial charge is 0.247 e. The number of carbonyl (C=O) groups is 2. The van der Waals surface area contributed by atoms with Crippen molar-refractivity contribution in [2.45, 2.75) is 46.5 Å². The highest BCUT2D eigenvalue weighted by Gasteiger charge is 2.56. The average Bonchev–Trinajstić information content (AvgIpc) is 3.53. The zero-order valence-electron chi connectivity index (χ0n) is 20.5. The number of halogens is 1. The van der Waals surface area contributed by atoms with Gasteiger partial charge < -0.3 is 10.2 Å². The second kappa shape index (κ2) is 8.86. The standard InChI is InChI=1S/C27H27FN6O2/c1-16-14-34(32-18(16)3)23-10-19(9-21(28)12-23)11-25(35)31-24-13-22(8-17(2)30-24)33-7-6-27(15-29,26(33)36)20-4-5-20/h8-10,12-14,20H,4-7,11H2,1-3H3,(H,30,31,35)/t27-/m1/s1. The van der Waals surface area contributed by atoms with E-state index < -0.39 is 11.2 Å². The van der Waals surface area contributed by atoms with Gasteiger partial charge in [-0.15, -0.1) is 0 Å². The van der Waals surface area contributed by atoms with Crippen LogP contribution in [0, 0.1) is 49.3 Å². The lowest BCUT2D eigenvalue weighted by Gasteiger charge is -2.21. The number of nitrogens with zero attached hydrogens (tertiary/aromatic N) is 5. The van der Waals surface area contributed by atoms with Gasteiger partial charge in [-0.1, -0.05) is 0 Å². The van der Waals surface area contributed by atoms with Crippen molar-refractivity contribution in [3.63, 3.8) is 0 Å². The maximum atomic E-state index is 14.3. The highest BCUT2D eigenvalue weighted by atomic mass is 19.1. The lowest BCUT2D eigenvalue weighted by molar-refractivity contribution is -0.123. The van der Waals surface area contributed by atoms with Crippen molar-refractivity contribution in [3.8, 4) is 11.8 Å². The van der Waals surface area contributed by atoms with Gasteiger partial charge in [0.1, 0.15) is 17.1 Å². The third kappa shape index (κ3) is 4.35. The molecule has 0 radical (unpaired) electrons. The van der Waals surface area contributed by atoms with E-state index in [1.54, 1.807) is 34.7 Å². The van der Waals surface area contributed by atoms with Crippen molar-refractivity contribution in [3.05, 3.63) is 64.9 Å². The summed E-state index contributed by atoms with van der Waals surface area (Å²) in [7, 11) is 0. The number of nitrogens with one attached hydrogen (secondary N) is 1. The zero-order valence-corrected chi connectivity index (χ0v) is 20.5. The Kier molecular flexibility index (Phi) is 5.83. The van der Waals surface area contributed by atoms with Crippen LogP contribution in [0.15, 0.2) is 36.5 Å². The Balaban J connectivity index is 1.33. The van der Waals surface area contributed by atoms with Crippen LogP contribution in [0.4, 0.5) is 15.9 Å². The first-order chi connectivity index (χ1) is 17.2. The van der Waals surface area contributed by atoms with E-state index in [0.29, 0.717) is 41.4 Å². The Morgan fingerprint density at radius 2 is 1.97 bits per heavy atom. The molecule has 1 aliphatic heterocycles. The maximum Gasteiger partial charge on any atom is 0.247 e. The van der Waals surface area contributed by atoms with E-state index in [1.807, 2.05) is 20.0 Å². The van der Waals surface area contributed by atoms with Gasteiger partial charge in [0.05, 0.1) is 23.9 Å². The van der Waals surface area contributed by atoms with Crippen LogP contribution in [0.25, 0.3) is 5.69 Å². The molecule has 3 aromatic rings. The second-order valence-electron chi connectivity index (χ2n) is 9.80. The van der Waals surface area contributed by atoms with E-state index in [0.717, 1.165) is 24.1 Å². The van der Waals surface area contributed by atoms with E-state index in [4.69, 9.17) is 0 Å². The summed E-state index contributed by atoms with van der Waals surface area (Å²) in [6, 6.07) is 10.1. The molecule has 2 fully saturated rings. The van der Waals surface area contributed by atoms with Crippen LogP contribution in [0.2, 0.25) is 0 Å². The Morgan fingerprint density at radius 1 is 1.19 bits per heavy atom. The molecule has 0 bridgehead atoms. The number of nitriles is 1. The lowest BCUT2D eigenvalue weighted by Crippen LogP contribution is -2.35. The molecular weight excluding hydrogens is 459 g/mol. The second-order valence-corrected chi connectivity index (χ2v) is 9.80. The number of rotatable bonds is 6. The summed E-state index contributed by atoms with van der Waals surface area (Å²) in [6.45, 7) is 6.05. The summed E-state index contributed by atoms with van der Waals surface area (Å²) in [5.74, 6) is -0.556. The predicted molar refractivity (Wildman–Crippen MR) is 132 cm³/mol. The Labute approximate surface area is 208 Å². The van der Waals surface area contributed by atoms with Crippen molar-refractivity contribution in [2.24, 2.45) is 11.3 Å². The quantitative estimate of drug-likeness (QED) is 0.563. The molecule has 3 heterocycles. The Hall–Kier alpha value is -4.06. The van der Waals surface area contributed by atoms with E-state index >= 15 is 0 Å². The molecule has 2 aliphatic rings. The van der Waals surface area contributed by atoms with E-state index in [-0.39, 0.29) is 24.2 Å². The number of hydrogen-bond acceptors (Lipinski definition) is 5. The number of amides is 2. The molecule has 1 aromatic carbocycles. The molecule has 1 aliphatic carbocycles. The summed E-state index contributed by atoms with van der Waals surface area (Å²) in [6.07, 6.45) is 4.08. The summed E-state index contributed by atoms with van der Waals surface area (Å²) in [5.41, 5.74) is 3.17. The molecule has 184 valence electrons. The largest absolute Gasteiger partial charge is 0.311 e. The fourth-order valence-corrected chi connectivity index (χ4v) is 4.92. The van der Waals surface area contributed by atoms with Gasteiger partial charge in [-0.3, -0.25) is 9.59 Å². The van der Waals surface area contributed by atoms with Crippen LogP contribution in [0.1, 0.15) is 41.8 Å². The summed E-state index contributed by atoms with van der Waals surface area (Å²) in [5, 5.41) is 16.9. The van der Waals surface area contributed by atoms with Crippen molar-refractivity contribution < 1.29 is 14.0 Å². The summed E-state index contributed by atoms with van der Waals surface area (Å²) >= 11 is 0. The molecule has 5 rings (SSSR count). The molecule has 0 spiro atoms. The highest BCUT2D eigenvalue weighted by Crippen LogP contribution is 2.52. The number of aromatic nitrogens is 3. The average molecular weight is 487 g/mol. The first kappa shape index (κ1) is 23.7. The molecule has 1 N–H and O–H groups in total. The fourth-order valence-electron chi connectivity index (χ4n) is 4.92. The fraction of sp³-hybridized carbons (Fsp3) is 0.370. The predicted octanol–water partition coefficient (Wildman–Crippen LogP) is 4.17. The molecule has 1 saturated heterocycles. The molecule has 36 heavy (non-hydrogen) atoms. The van der Waals surface area contributed by atoms with Gasteiger partial charge in [-0.2, -0.15) is 10.4 Å². The van der Waals surface area contributed by atoms with Crippen LogP contribution in [0.5, 0.6) is 0 Å². The third-order valence-corrected chi connectivity index (χ3v) is 7.06.